The molecule has 2 aromatic rings. The van der Waals surface area contributed by atoms with Gasteiger partial charge in [0.05, 0.1) is 4.47 Å². The van der Waals surface area contributed by atoms with E-state index in [9.17, 15) is 19.1 Å². The Kier molecular flexibility index (Phi) is 6.82. The zero-order valence-electron chi connectivity index (χ0n) is 16.0. The minimum atomic E-state index is -1.84. The average molecular weight is 452 g/mol. The molecule has 1 amide bonds. The van der Waals surface area contributed by atoms with E-state index in [0.717, 1.165) is 11.6 Å². The van der Waals surface area contributed by atoms with Crippen molar-refractivity contribution in [3.63, 3.8) is 0 Å². The van der Waals surface area contributed by atoms with Crippen LogP contribution in [0.1, 0.15) is 38.3 Å². The second-order valence-corrected chi connectivity index (χ2v) is 8.62. The summed E-state index contributed by atoms with van der Waals surface area (Å²) in [5.41, 5.74) is -1.42. The summed E-state index contributed by atoms with van der Waals surface area (Å²) < 4.78 is 19.5. The molecule has 0 saturated heterocycles. The summed E-state index contributed by atoms with van der Waals surface area (Å²) in [6.07, 6.45) is -0.851. The molecule has 0 aliphatic heterocycles. The Morgan fingerprint density at radius 2 is 1.79 bits per heavy atom. The van der Waals surface area contributed by atoms with Crippen LogP contribution in [0, 0.1) is 11.2 Å². The molecule has 28 heavy (non-hydrogen) atoms. The van der Waals surface area contributed by atoms with E-state index in [4.69, 9.17) is 4.74 Å². The number of alkyl carbamates (subject to hydrolysis) is 1. The van der Waals surface area contributed by atoms with Crippen LogP contribution in [0.25, 0.3) is 0 Å². The van der Waals surface area contributed by atoms with Gasteiger partial charge in [-0.1, -0.05) is 57.2 Å². The van der Waals surface area contributed by atoms with Crippen LogP contribution in [0.3, 0.4) is 0 Å². The van der Waals surface area contributed by atoms with Crippen molar-refractivity contribution >= 4 is 28.0 Å². The fraction of sp³-hybridized carbons (Fsp3) is 0.333. The highest BCUT2D eigenvalue weighted by Gasteiger charge is 2.45. The first-order valence-electron chi connectivity index (χ1n) is 8.71. The van der Waals surface area contributed by atoms with Crippen molar-refractivity contribution in [3.05, 3.63) is 69.9 Å². The van der Waals surface area contributed by atoms with E-state index < -0.39 is 28.8 Å². The first-order chi connectivity index (χ1) is 13.0. The highest BCUT2D eigenvalue weighted by atomic mass is 79.9. The number of amides is 1. The maximum absolute atomic E-state index is 14.1. The summed E-state index contributed by atoms with van der Waals surface area (Å²) in [6, 6.07) is 13.0. The summed E-state index contributed by atoms with van der Waals surface area (Å²) in [5, 5.41) is 12.5. The van der Waals surface area contributed by atoms with Crippen LogP contribution in [0.5, 0.6) is 0 Å². The monoisotopic (exact) mass is 451 g/mol. The third-order valence-electron chi connectivity index (χ3n) is 4.10. The summed E-state index contributed by atoms with van der Waals surface area (Å²) in [6.45, 7) is 5.53. The van der Waals surface area contributed by atoms with Crippen LogP contribution in [0.2, 0.25) is 0 Å². The zero-order chi connectivity index (χ0) is 20.9. The topological polar surface area (TPSA) is 75.6 Å². The van der Waals surface area contributed by atoms with Gasteiger partial charge in [0.25, 0.3) is 0 Å². The van der Waals surface area contributed by atoms with Gasteiger partial charge in [-0.25, -0.2) is 14.0 Å². The maximum atomic E-state index is 14.1. The molecule has 150 valence electrons. The van der Waals surface area contributed by atoms with Crippen molar-refractivity contribution in [2.24, 2.45) is 5.41 Å². The lowest BCUT2D eigenvalue weighted by Crippen LogP contribution is -2.54. The molecule has 0 heterocycles. The molecule has 0 spiro atoms. The number of carboxylic acid groups (broad SMARTS) is 1. The summed E-state index contributed by atoms with van der Waals surface area (Å²) in [4.78, 5) is 24.7. The Morgan fingerprint density at radius 3 is 2.32 bits per heavy atom. The number of carbonyl (C=O) groups is 2. The molecule has 0 aliphatic carbocycles. The van der Waals surface area contributed by atoms with Gasteiger partial charge in [0.1, 0.15) is 12.4 Å². The molecule has 5 nitrogen and oxygen atoms in total. The van der Waals surface area contributed by atoms with Gasteiger partial charge in [-0.3, -0.25) is 0 Å². The van der Waals surface area contributed by atoms with Crippen LogP contribution in [-0.4, -0.2) is 17.2 Å². The van der Waals surface area contributed by atoms with E-state index in [1.165, 1.54) is 12.1 Å². The number of carbonyl (C=O) groups excluding carboxylic acids is 1. The minimum absolute atomic E-state index is 0.00735. The van der Waals surface area contributed by atoms with Crippen molar-refractivity contribution in [2.45, 2.75) is 39.3 Å². The van der Waals surface area contributed by atoms with E-state index in [2.05, 4.69) is 21.2 Å². The second-order valence-electron chi connectivity index (χ2n) is 7.76. The molecule has 0 saturated carbocycles. The first-order valence-corrected chi connectivity index (χ1v) is 9.50. The summed E-state index contributed by atoms with van der Waals surface area (Å²) in [5.74, 6) is -1.91. The third-order valence-corrected chi connectivity index (χ3v) is 4.74. The van der Waals surface area contributed by atoms with Crippen LogP contribution < -0.4 is 5.32 Å². The molecule has 0 unspecified atom stereocenters. The highest BCUT2D eigenvalue weighted by molar-refractivity contribution is 9.10. The van der Waals surface area contributed by atoms with Crippen LogP contribution in [-0.2, 0) is 21.7 Å². The van der Waals surface area contributed by atoms with Gasteiger partial charge < -0.3 is 15.2 Å². The van der Waals surface area contributed by atoms with Gasteiger partial charge >= 0.3 is 12.1 Å². The third kappa shape index (κ3) is 5.55. The number of aliphatic carboxylic acids is 1. The molecule has 0 fully saturated rings. The predicted octanol–water partition coefficient (Wildman–Crippen LogP) is 5.23. The molecule has 0 radical (unpaired) electrons. The number of halogens is 2. The van der Waals surface area contributed by atoms with E-state index >= 15 is 0 Å². The molecule has 1 atom stereocenters. The maximum Gasteiger partial charge on any atom is 0.408 e. The lowest BCUT2D eigenvalue weighted by molar-refractivity contribution is -0.146. The second kappa shape index (κ2) is 8.73. The fourth-order valence-corrected chi connectivity index (χ4v) is 3.21. The molecule has 0 aliphatic rings. The average Bonchev–Trinajstić information content (AvgIpc) is 2.61. The standard InChI is InChI=1S/C21H23BrFNO4/c1-20(2,3)13-21(18(25)26,15-9-10-16(22)17(23)11-15)24-19(27)28-12-14-7-5-4-6-8-14/h4-11H,12-13H2,1-3H3,(H,24,27)(H,25,26)/t21-/m1/s1. The fourth-order valence-electron chi connectivity index (χ4n) is 2.96. The quantitative estimate of drug-likeness (QED) is 0.630. The lowest BCUT2D eigenvalue weighted by Gasteiger charge is -2.36. The molecular formula is C21H23BrFNO4. The summed E-state index contributed by atoms with van der Waals surface area (Å²) >= 11 is 3.06. The Morgan fingerprint density at radius 1 is 1.14 bits per heavy atom. The SMILES string of the molecule is CC(C)(C)C[C@](NC(=O)OCc1ccccc1)(C(=O)O)c1ccc(Br)c(F)c1. The van der Waals surface area contributed by atoms with Gasteiger partial charge in [0.2, 0.25) is 0 Å². The van der Waals surface area contributed by atoms with E-state index in [1.807, 2.05) is 39.0 Å². The van der Waals surface area contributed by atoms with Crippen LogP contribution in [0.15, 0.2) is 53.0 Å². The van der Waals surface area contributed by atoms with Crippen LogP contribution >= 0.6 is 15.9 Å². The van der Waals surface area contributed by atoms with Gasteiger partial charge in [-0.15, -0.1) is 0 Å². The molecule has 0 aromatic heterocycles. The normalized spacial score (nSPS) is 13.5. The van der Waals surface area contributed by atoms with Gasteiger partial charge in [-0.2, -0.15) is 0 Å². The van der Waals surface area contributed by atoms with Crippen molar-refractivity contribution < 1.29 is 23.8 Å². The first kappa shape index (κ1) is 21.9. The molecule has 2 rings (SSSR count). The smallest absolute Gasteiger partial charge is 0.408 e. The number of nitrogens with one attached hydrogen (secondary N) is 1. The number of rotatable bonds is 6. The van der Waals surface area contributed by atoms with Crippen molar-refractivity contribution in [2.75, 3.05) is 0 Å². The van der Waals surface area contributed by atoms with Crippen LogP contribution in [0.4, 0.5) is 9.18 Å². The molecule has 7 heteroatoms. The van der Waals surface area contributed by atoms with Crippen molar-refractivity contribution in [1.82, 2.24) is 5.32 Å². The molecule has 2 aromatic carbocycles. The molecular weight excluding hydrogens is 429 g/mol. The van der Waals surface area contributed by atoms with E-state index in [0.29, 0.717) is 0 Å². The Labute approximate surface area is 172 Å². The molecule has 0 bridgehead atoms. The number of ether oxygens (including phenoxy) is 1. The number of hydrogen-bond donors (Lipinski definition) is 2. The Hall–Kier alpha value is -2.41. The molecule has 2 N–H and O–H groups in total. The lowest BCUT2D eigenvalue weighted by atomic mass is 9.75. The number of hydrogen-bond acceptors (Lipinski definition) is 3. The summed E-state index contributed by atoms with van der Waals surface area (Å²) in [7, 11) is 0. The minimum Gasteiger partial charge on any atom is -0.479 e. The zero-order valence-corrected chi connectivity index (χ0v) is 17.5. The van der Waals surface area contributed by atoms with E-state index in [-0.39, 0.29) is 23.1 Å². The van der Waals surface area contributed by atoms with Gasteiger partial charge in [0.15, 0.2) is 5.54 Å². The van der Waals surface area contributed by atoms with E-state index in [1.54, 1.807) is 12.1 Å². The predicted molar refractivity (Wildman–Crippen MR) is 107 cm³/mol. The van der Waals surface area contributed by atoms with Gasteiger partial charge in [0, 0.05) is 0 Å². The largest absolute Gasteiger partial charge is 0.479 e. The van der Waals surface area contributed by atoms with Crippen molar-refractivity contribution in [1.29, 1.82) is 0 Å². The Balaban J connectivity index is 2.34. The van der Waals surface area contributed by atoms with Gasteiger partial charge in [-0.05, 0) is 51.0 Å². The number of benzene rings is 2. The Bertz CT molecular complexity index is 851. The highest BCUT2D eigenvalue weighted by Crippen LogP contribution is 2.36. The van der Waals surface area contributed by atoms with Crippen molar-refractivity contribution in [3.8, 4) is 0 Å². The number of carboxylic acids is 1.